The Hall–Kier alpha value is -1.95. The van der Waals surface area contributed by atoms with Gasteiger partial charge in [-0.3, -0.25) is 4.98 Å². The number of hydrogen-bond donors (Lipinski definition) is 2. The summed E-state index contributed by atoms with van der Waals surface area (Å²) in [6, 6.07) is 8.40. The second-order valence-corrected chi connectivity index (χ2v) is 4.21. The lowest BCUT2D eigenvalue weighted by Gasteiger charge is -2.01. The van der Waals surface area contributed by atoms with Gasteiger partial charge in [0, 0.05) is 10.0 Å². The molecular weight excluding hydrogens is 288 g/mol. The molecule has 0 aliphatic heterocycles. The molecule has 2 aromatic rings. The van der Waals surface area contributed by atoms with Crippen LogP contribution in [0.3, 0.4) is 0 Å². The Balaban J connectivity index is 2.55. The van der Waals surface area contributed by atoms with Gasteiger partial charge in [0.1, 0.15) is 5.69 Å². The van der Waals surface area contributed by atoms with Crippen LogP contribution in [0.25, 0.3) is 11.3 Å². The Labute approximate surface area is 104 Å². The fourth-order valence-corrected chi connectivity index (χ4v) is 1.61. The first kappa shape index (κ1) is 11.5. The summed E-state index contributed by atoms with van der Waals surface area (Å²) in [5, 5.41) is 8.82. The molecule has 86 valence electrons. The highest BCUT2D eigenvalue weighted by Gasteiger charge is 2.08. The second kappa shape index (κ2) is 4.50. The van der Waals surface area contributed by atoms with Crippen molar-refractivity contribution in [1.29, 1.82) is 0 Å². The third-order valence-electron chi connectivity index (χ3n) is 2.12. The van der Waals surface area contributed by atoms with Gasteiger partial charge in [-0.1, -0.05) is 28.1 Å². The normalized spacial score (nSPS) is 10.2. The third-order valence-corrected chi connectivity index (χ3v) is 2.64. The molecule has 0 bridgehead atoms. The van der Waals surface area contributed by atoms with Gasteiger partial charge in [-0.15, -0.1) is 0 Å². The van der Waals surface area contributed by atoms with Gasteiger partial charge in [-0.2, -0.15) is 4.98 Å². The molecule has 17 heavy (non-hydrogen) atoms. The van der Waals surface area contributed by atoms with Gasteiger partial charge in [0.2, 0.25) is 0 Å². The maximum absolute atomic E-state index is 11.2. The third kappa shape index (κ3) is 2.59. The number of aromatic carboxylic acids is 1. The zero-order valence-electron chi connectivity index (χ0n) is 8.48. The van der Waals surface area contributed by atoms with E-state index in [1.165, 1.54) is 6.07 Å². The molecule has 0 aliphatic carbocycles. The first-order valence-corrected chi connectivity index (χ1v) is 5.46. The zero-order valence-corrected chi connectivity index (χ0v) is 10.1. The van der Waals surface area contributed by atoms with Gasteiger partial charge >= 0.3 is 11.7 Å². The molecule has 2 rings (SSSR count). The Morgan fingerprint density at radius 1 is 1.29 bits per heavy atom. The number of benzene rings is 1. The second-order valence-electron chi connectivity index (χ2n) is 3.30. The minimum atomic E-state index is -1.19. The summed E-state index contributed by atoms with van der Waals surface area (Å²) in [7, 11) is 0. The number of carbonyl (C=O) groups is 1. The van der Waals surface area contributed by atoms with E-state index in [1.54, 1.807) is 24.3 Å². The van der Waals surface area contributed by atoms with Crippen molar-refractivity contribution in [3.05, 3.63) is 51.0 Å². The van der Waals surface area contributed by atoms with Crippen molar-refractivity contribution in [1.82, 2.24) is 9.97 Å². The first-order chi connectivity index (χ1) is 8.06. The Morgan fingerprint density at radius 3 is 2.53 bits per heavy atom. The Kier molecular flexibility index (Phi) is 3.06. The molecule has 1 aromatic heterocycles. The Bertz CT molecular complexity index is 619. The average molecular weight is 295 g/mol. The molecule has 0 saturated carbocycles. The topological polar surface area (TPSA) is 83.0 Å². The number of rotatable bonds is 2. The van der Waals surface area contributed by atoms with E-state index in [0.717, 1.165) is 4.47 Å². The van der Waals surface area contributed by atoms with Crippen molar-refractivity contribution in [2.75, 3.05) is 0 Å². The minimum absolute atomic E-state index is 0.178. The molecule has 6 heteroatoms. The fourth-order valence-electron chi connectivity index (χ4n) is 1.34. The van der Waals surface area contributed by atoms with Crippen LogP contribution in [0.5, 0.6) is 0 Å². The van der Waals surface area contributed by atoms with Crippen LogP contribution in [0.4, 0.5) is 0 Å². The van der Waals surface area contributed by atoms with Gasteiger partial charge in [-0.05, 0) is 18.2 Å². The predicted molar refractivity (Wildman–Crippen MR) is 65.0 cm³/mol. The summed E-state index contributed by atoms with van der Waals surface area (Å²) < 4.78 is 0.893. The van der Waals surface area contributed by atoms with E-state index in [4.69, 9.17) is 5.11 Å². The molecule has 0 unspecified atom stereocenters. The van der Waals surface area contributed by atoms with Crippen LogP contribution in [0, 0.1) is 0 Å². The van der Waals surface area contributed by atoms with E-state index in [-0.39, 0.29) is 5.69 Å². The number of hydrogen-bond acceptors (Lipinski definition) is 3. The number of H-pyrrole nitrogens is 1. The maximum Gasteiger partial charge on any atom is 0.352 e. The van der Waals surface area contributed by atoms with Crippen molar-refractivity contribution in [2.24, 2.45) is 0 Å². The number of aromatic amines is 1. The first-order valence-electron chi connectivity index (χ1n) is 4.67. The Morgan fingerprint density at radius 2 is 1.94 bits per heavy atom. The molecule has 1 aromatic carbocycles. The zero-order chi connectivity index (χ0) is 12.4. The van der Waals surface area contributed by atoms with E-state index in [9.17, 15) is 9.59 Å². The molecule has 0 amide bonds. The molecule has 5 nitrogen and oxygen atoms in total. The summed E-state index contributed by atoms with van der Waals surface area (Å²) in [5.41, 5.74) is 0.159. The van der Waals surface area contributed by atoms with Crippen molar-refractivity contribution in [3.8, 4) is 11.3 Å². The van der Waals surface area contributed by atoms with Gasteiger partial charge < -0.3 is 5.11 Å². The molecule has 1 heterocycles. The van der Waals surface area contributed by atoms with E-state index in [1.807, 2.05) is 0 Å². The van der Waals surface area contributed by atoms with Crippen LogP contribution < -0.4 is 5.69 Å². The smallest absolute Gasteiger partial charge is 0.352 e. The van der Waals surface area contributed by atoms with Crippen LogP contribution in [0.2, 0.25) is 0 Å². The molecule has 0 spiro atoms. The van der Waals surface area contributed by atoms with E-state index >= 15 is 0 Å². The van der Waals surface area contributed by atoms with Crippen molar-refractivity contribution < 1.29 is 9.90 Å². The summed E-state index contributed by atoms with van der Waals surface area (Å²) in [5.74, 6) is -1.19. The largest absolute Gasteiger partial charge is 0.477 e. The SMILES string of the molecule is O=C(O)c1cc(-c2ccc(Br)cc2)nc(=O)[nH]1. The highest BCUT2D eigenvalue weighted by atomic mass is 79.9. The summed E-state index contributed by atoms with van der Waals surface area (Å²) in [6.45, 7) is 0. The van der Waals surface area contributed by atoms with Crippen LogP contribution in [-0.4, -0.2) is 21.0 Å². The van der Waals surface area contributed by atoms with Gasteiger partial charge in [0.25, 0.3) is 0 Å². The van der Waals surface area contributed by atoms with Crippen LogP contribution in [0.15, 0.2) is 39.6 Å². The van der Waals surface area contributed by atoms with Gasteiger partial charge in [-0.25, -0.2) is 9.59 Å². The molecule has 0 fully saturated rings. The summed E-state index contributed by atoms with van der Waals surface area (Å²) in [4.78, 5) is 27.9. The maximum atomic E-state index is 11.2. The highest BCUT2D eigenvalue weighted by Crippen LogP contribution is 2.19. The number of carboxylic acid groups (broad SMARTS) is 1. The molecule has 2 N–H and O–H groups in total. The lowest BCUT2D eigenvalue weighted by Crippen LogP contribution is -2.16. The van der Waals surface area contributed by atoms with Crippen molar-refractivity contribution in [3.63, 3.8) is 0 Å². The lowest BCUT2D eigenvalue weighted by molar-refractivity contribution is 0.0690. The minimum Gasteiger partial charge on any atom is -0.477 e. The number of nitrogens with one attached hydrogen (secondary N) is 1. The van der Waals surface area contributed by atoms with Crippen molar-refractivity contribution >= 4 is 21.9 Å². The van der Waals surface area contributed by atoms with Gasteiger partial charge in [0.05, 0.1) is 5.69 Å². The monoisotopic (exact) mass is 294 g/mol. The number of halogens is 1. The number of aromatic nitrogens is 2. The van der Waals surface area contributed by atoms with E-state index in [2.05, 4.69) is 25.9 Å². The van der Waals surface area contributed by atoms with Crippen LogP contribution >= 0.6 is 15.9 Å². The lowest BCUT2D eigenvalue weighted by atomic mass is 10.1. The number of carboxylic acids is 1. The summed E-state index contributed by atoms with van der Waals surface area (Å²) >= 11 is 3.29. The quantitative estimate of drug-likeness (QED) is 0.886. The summed E-state index contributed by atoms with van der Waals surface area (Å²) in [6.07, 6.45) is 0. The van der Waals surface area contributed by atoms with Crippen LogP contribution in [0.1, 0.15) is 10.5 Å². The van der Waals surface area contributed by atoms with Gasteiger partial charge in [0.15, 0.2) is 0 Å². The number of nitrogens with zero attached hydrogens (tertiary/aromatic N) is 1. The highest BCUT2D eigenvalue weighted by molar-refractivity contribution is 9.10. The molecule has 0 aliphatic rings. The van der Waals surface area contributed by atoms with E-state index in [0.29, 0.717) is 11.3 Å². The molecule has 0 saturated heterocycles. The fraction of sp³-hybridized carbons (Fsp3) is 0. The van der Waals surface area contributed by atoms with Crippen molar-refractivity contribution in [2.45, 2.75) is 0 Å². The molecule has 0 atom stereocenters. The van der Waals surface area contributed by atoms with E-state index < -0.39 is 11.7 Å². The standard InChI is InChI=1S/C11H7BrN2O3/c12-7-3-1-6(2-4-7)8-5-9(10(15)16)14-11(17)13-8/h1-5H,(H,15,16)(H,13,14,17). The molecular formula is C11H7BrN2O3. The predicted octanol–water partition coefficient (Wildman–Crippen LogP) is 1.90. The molecule has 0 radical (unpaired) electrons. The van der Waals surface area contributed by atoms with Crippen LogP contribution in [-0.2, 0) is 0 Å². The average Bonchev–Trinajstić information content (AvgIpc) is 2.29.